The first-order chi connectivity index (χ1) is 9.04. The third kappa shape index (κ3) is 4.15. The summed E-state index contributed by atoms with van der Waals surface area (Å²) in [5.41, 5.74) is 2.53. The summed E-state index contributed by atoms with van der Waals surface area (Å²) in [5.74, 6) is 1.82. The Morgan fingerprint density at radius 2 is 2.05 bits per heavy atom. The van der Waals surface area contributed by atoms with E-state index in [0.29, 0.717) is 6.04 Å². The van der Waals surface area contributed by atoms with Crippen molar-refractivity contribution in [2.45, 2.75) is 65.5 Å². The zero-order valence-corrected chi connectivity index (χ0v) is 12.7. The minimum Gasteiger partial charge on any atom is -0.491 e. The molecule has 0 aliphatic heterocycles. The van der Waals surface area contributed by atoms with Gasteiger partial charge in [-0.05, 0) is 63.3 Å². The van der Waals surface area contributed by atoms with Gasteiger partial charge in [-0.25, -0.2) is 0 Å². The minimum absolute atomic E-state index is 0.234. The fourth-order valence-corrected chi connectivity index (χ4v) is 2.93. The zero-order valence-electron chi connectivity index (χ0n) is 12.7. The van der Waals surface area contributed by atoms with Gasteiger partial charge in [-0.15, -0.1) is 0 Å². The molecule has 1 N–H and O–H groups in total. The van der Waals surface area contributed by atoms with Crippen molar-refractivity contribution in [1.29, 1.82) is 0 Å². The molecule has 0 spiro atoms. The molecule has 0 radical (unpaired) electrons. The Balaban J connectivity index is 2.00. The molecule has 1 aliphatic carbocycles. The minimum atomic E-state index is 0.234. The summed E-state index contributed by atoms with van der Waals surface area (Å²) >= 11 is 0. The van der Waals surface area contributed by atoms with Crippen LogP contribution in [0.15, 0.2) is 18.2 Å². The second-order valence-electron chi connectivity index (χ2n) is 6.26. The largest absolute Gasteiger partial charge is 0.491 e. The Hall–Kier alpha value is -1.18. The quantitative estimate of drug-likeness (QED) is 0.842. The highest BCUT2D eigenvalue weighted by atomic mass is 16.5. The van der Waals surface area contributed by atoms with Gasteiger partial charge in [0.1, 0.15) is 5.75 Å². The molecule has 0 aromatic heterocycles. The first kappa shape index (κ1) is 14.2. The van der Waals surface area contributed by atoms with Crippen molar-refractivity contribution in [3.63, 3.8) is 0 Å². The van der Waals surface area contributed by atoms with Gasteiger partial charge in [0.2, 0.25) is 0 Å². The molecule has 0 amide bonds. The van der Waals surface area contributed by atoms with Crippen LogP contribution in [0.5, 0.6) is 5.75 Å². The highest BCUT2D eigenvalue weighted by Gasteiger charge is 2.19. The number of anilines is 1. The molecule has 1 aliphatic rings. The van der Waals surface area contributed by atoms with Crippen LogP contribution in [0.25, 0.3) is 0 Å². The third-order valence-corrected chi connectivity index (χ3v) is 3.87. The van der Waals surface area contributed by atoms with Crippen molar-refractivity contribution in [3.8, 4) is 5.75 Å². The van der Waals surface area contributed by atoms with Crippen LogP contribution in [0.4, 0.5) is 5.69 Å². The molecule has 106 valence electrons. The van der Waals surface area contributed by atoms with Gasteiger partial charge in [0.15, 0.2) is 0 Å². The zero-order chi connectivity index (χ0) is 13.8. The summed E-state index contributed by atoms with van der Waals surface area (Å²) in [5, 5.41) is 3.70. The summed E-state index contributed by atoms with van der Waals surface area (Å²) in [6, 6.07) is 7.00. The van der Waals surface area contributed by atoms with Gasteiger partial charge >= 0.3 is 0 Å². The number of rotatable bonds is 4. The number of aryl methyl sites for hydroxylation is 1. The summed E-state index contributed by atoms with van der Waals surface area (Å²) < 4.78 is 5.73. The predicted octanol–water partition coefficient (Wildman–Crippen LogP) is 4.77. The molecule has 2 rings (SSSR count). The summed E-state index contributed by atoms with van der Waals surface area (Å²) in [6.45, 7) is 8.64. The van der Waals surface area contributed by atoms with E-state index in [4.69, 9.17) is 4.74 Å². The van der Waals surface area contributed by atoms with E-state index in [2.05, 4.69) is 51.2 Å². The molecule has 2 heteroatoms. The molecule has 1 aromatic carbocycles. The molecule has 1 fully saturated rings. The van der Waals surface area contributed by atoms with E-state index in [1.54, 1.807) is 0 Å². The van der Waals surface area contributed by atoms with Gasteiger partial charge in [-0.1, -0.05) is 19.8 Å². The first-order valence-corrected chi connectivity index (χ1v) is 7.58. The van der Waals surface area contributed by atoms with Crippen molar-refractivity contribution in [1.82, 2.24) is 0 Å². The maximum Gasteiger partial charge on any atom is 0.120 e. The number of ether oxygens (including phenoxy) is 1. The van der Waals surface area contributed by atoms with Gasteiger partial charge in [0, 0.05) is 11.7 Å². The normalized spacial score (nSPS) is 23.4. The highest BCUT2D eigenvalue weighted by molar-refractivity contribution is 5.54. The fourth-order valence-electron chi connectivity index (χ4n) is 2.93. The van der Waals surface area contributed by atoms with Crippen LogP contribution >= 0.6 is 0 Å². The highest BCUT2D eigenvalue weighted by Crippen LogP contribution is 2.28. The van der Waals surface area contributed by atoms with E-state index in [-0.39, 0.29) is 6.10 Å². The Labute approximate surface area is 117 Å². The van der Waals surface area contributed by atoms with Crippen LogP contribution in [-0.2, 0) is 0 Å². The Kier molecular flexibility index (Phi) is 4.73. The summed E-state index contributed by atoms with van der Waals surface area (Å²) in [7, 11) is 0. The molecule has 0 bridgehead atoms. The number of benzene rings is 1. The molecule has 19 heavy (non-hydrogen) atoms. The Morgan fingerprint density at radius 1 is 1.26 bits per heavy atom. The summed E-state index contributed by atoms with van der Waals surface area (Å²) in [4.78, 5) is 0. The molecule has 1 saturated carbocycles. The lowest BCUT2D eigenvalue weighted by atomic mass is 9.87. The number of hydrogen-bond donors (Lipinski definition) is 1. The van der Waals surface area contributed by atoms with E-state index >= 15 is 0 Å². The number of nitrogens with one attached hydrogen (secondary N) is 1. The molecule has 2 nitrogen and oxygen atoms in total. The lowest BCUT2D eigenvalue weighted by molar-refractivity contribution is 0.242. The number of hydrogen-bond acceptors (Lipinski definition) is 2. The van der Waals surface area contributed by atoms with Gasteiger partial charge in [0.25, 0.3) is 0 Å². The van der Waals surface area contributed by atoms with E-state index in [0.717, 1.165) is 11.7 Å². The maximum absolute atomic E-state index is 5.73. The first-order valence-electron chi connectivity index (χ1n) is 7.58. The van der Waals surface area contributed by atoms with E-state index < -0.39 is 0 Å². The van der Waals surface area contributed by atoms with E-state index in [1.165, 1.54) is 36.9 Å². The Bertz CT molecular complexity index is 414. The van der Waals surface area contributed by atoms with Crippen LogP contribution in [0.3, 0.4) is 0 Å². The predicted molar refractivity (Wildman–Crippen MR) is 82.0 cm³/mol. The fraction of sp³-hybridized carbons (Fsp3) is 0.647. The van der Waals surface area contributed by atoms with Crippen molar-refractivity contribution in [3.05, 3.63) is 23.8 Å². The van der Waals surface area contributed by atoms with Gasteiger partial charge in [0.05, 0.1) is 6.10 Å². The standard InChI is InChI=1S/C17H27NO/c1-12(2)19-16-8-9-17(14(4)11-16)18-15-7-5-6-13(3)10-15/h8-9,11-13,15,18H,5-7,10H2,1-4H3. The molecule has 0 saturated heterocycles. The lowest BCUT2D eigenvalue weighted by Crippen LogP contribution is -2.26. The van der Waals surface area contributed by atoms with Crippen molar-refractivity contribution < 1.29 is 4.74 Å². The van der Waals surface area contributed by atoms with E-state index in [1.807, 2.05) is 0 Å². The average molecular weight is 261 g/mol. The molecule has 1 aromatic rings. The van der Waals surface area contributed by atoms with Crippen molar-refractivity contribution >= 4 is 5.69 Å². The van der Waals surface area contributed by atoms with Crippen LogP contribution < -0.4 is 10.1 Å². The van der Waals surface area contributed by atoms with Gasteiger partial charge in [-0.3, -0.25) is 0 Å². The molecule has 2 unspecified atom stereocenters. The third-order valence-electron chi connectivity index (χ3n) is 3.87. The van der Waals surface area contributed by atoms with Crippen LogP contribution in [-0.4, -0.2) is 12.1 Å². The monoisotopic (exact) mass is 261 g/mol. The molecular formula is C17H27NO. The summed E-state index contributed by atoms with van der Waals surface area (Å²) in [6.07, 6.45) is 5.57. The second kappa shape index (κ2) is 6.31. The van der Waals surface area contributed by atoms with Gasteiger partial charge < -0.3 is 10.1 Å². The maximum atomic E-state index is 5.73. The van der Waals surface area contributed by atoms with Gasteiger partial charge in [-0.2, -0.15) is 0 Å². The van der Waals surface area contributed by atoms with Crippen molar-refractivity contribution in [2.75, 3.05) is 5.32 Å². The topological polar surface area (TPSA) is 21.3 Å². The van der Waals surface area contributed by atoms with E-state index in [9.17, 15) is 0 Å². The lowest BCUT2D eigenvalue weighted by Gasteiger charge is -2.29. The average Bonchev–Trinajstić information content (AvgIpc) is 2.32. The molecular weight excluding hydrogens is 234 g/mol. The van der Waals surface area contributed by atoms with Crippen LogP contribution in [0.1, 0.15) is 52.0 Å². The SMILES string of the molecule is Cc1cc(OC(C)C)ccc1NC1CCCC(C)C1. The van der Waals surface area contributed by atoms with Crippen molar-refractivity contribution in [2.24, 2.45) is 5.92 Å². The van der Waals surface area contributed by atoms with Crippen LogP contribution in [0.2, 0.25) is 0 Å². The second-order valence-corrected chi connectivity index (χ2v) is 6.26. The molecule has 0 heterocycles. The van der Waals surface area contributed by atoms with Crippen LogP contribution in [0, 0.1) is 12.8 Å². The Morgan fingerprint density at radius 3 is 2.68 bits per heavy atom. The smallest absolute Gasteiger partial charge is 0.120 e. The molecule has 2 atom stereocenters.